The molecule has 19 heavy (non-hydrogen) atoms. The molecule has 0 aromatic heterocycles. The molecule has 2 atom stereocenters. The SMILES string of the molecule is CC(C)C1CCC(NC(=O)[C@H]2NCCO[C@@H]2C)CC1. The molecule has 2 rings (SSSR count). The van der Waals surface area contributed by atoms with Crippen molar-refractivity contribution in [3.05, 3.63) is 0 Å². The standard InChI is InChI=1S/C15H28N2O2/c1-10(2)12-4-6-13(7-5-12)17-15(18)14-11(3)19-9-8-16-14/h10-14,16H,4-9H2,1-3H3,(H,17,18)/t11-,12?,13?,14+/m1/s1. The first kappa shape index (κ1) is 14.8. The molecule has 0 radical (unpaired) electrons. The summed E-state index contributed by atoms with van der Waals surface area (Å²) in [6.45, 7) is 8.03. The van der Waals surface area contributed by atoms with Crippen molar-refractivity contribution in [2.45, 2.75) is 64.6 Å². The minimum Gasteiger partial charge on any atom is -0.375 e. The Hall–Kier alpha value is -0.610. The fourth-order valence-electron chi connectivity index (χ4n) is 3.25. The summed E-state index contributed by atoms with van der Waals surface area (Å²) in [5, 5.41) is 6.45. The molecular formula is C15H28N2O2. The van der Waals surface area contributed by atoms with E-state index in [0.29, 0.717) is 12.6 Å². The quantitative estimate of drug-likeness (QED) is 0.819. The summed E-state index contributed by atoms with van der Waals surface area (Å²) in [4.78, 5) is 12.2. The molecule has 1 aliphatic carbocycles. The van der Waals surface area contributed by atoms with Gasteiger partial charge in [-0.25, -0.2) is 0 Å². The maximum atomic E-state index is 12.2. The summed E-state index contributed by atoms with van der Waals surface area (Å²) in [7, 11) is 0. The number of ether oxygens (including phenoxy) is 1. The molecule has 1 amide bonds. The molecule has 0 aromatic carbocycles. The molecule has 1 aliphatic heterocycles. The lowest BCUT2D eigenvalue weighted by atomic mass is 9.79. The smallest absolute Gasteiger partial charge is 0.240 e. The summed E-state index contributed by atoms with van der Waals surface area (Å²) in [5.74, 6) is 1.72. The molecule has 1 heterocycles. The van der Waals surface area contributed by atoms with Crippen molar-refractivity contribution in [3.8, 4) is 0 Å². The van der Waals surface area contributed by atoms with Gasteiger partial charge in [0, 0.05) is 12.6 Å². The van der Waals surface area contributed by atoms with E-state index < -0.39 is 0 Å². The first-order valence-corrected chi connectivity index (χ1v) is 7.73. The van der Waals surface area contributed by atoms with Gasteiger partial charge in [-0.05, 0) is 44.4 Å². The van der Waals surface area contributed by atoms with Gasteiger partial charge in [0.15, 0.2) is 0 Å². The normalized spacial score (nSPS) is 36.2. The monoisotopic (exact) mass is 268 g/mol. The van der Waals surface area contributed by atoms with Crippen LogP contribution in [-0.2, 0) is 9.53 Å². The number of nitrogens with one attached hydrogen (secondary N) is 2. The van der Waals surface area contributed by atoms with Crippen molar-refractivity contribution in [1.82, 2.24) is 10.6 Å². The predicted octanol–water partition coefficient (Wildman–Crippen LogP) is 1.69. The van der Waals surface area contributed by atoms with Crippen molar-refractivity contribution in [3.63, 3.8) is 0 Å². The van der Waals surface area contributed by atoms with Crippen molar-refractivity contribution >= 4 is 5.91 Å². The lowest BCUT2D eigenvalue weighted by molar-refractivity contribution is -0.129. The lowest BCUT2D eigenvalue weighted by Crippen LogP contribution is -2.57. The third-order valence-electron chi connectivity index (χ3n) is 4.66. The summed E-state index contributed by atoms with van der Waals surface area (Å²) in [6.07, 6.45) is 4.70. The van der Waals surface area contributed by atoms with Gasteiger partial charge in [0.1, 0.15) is 6.04 Å². The predicted molar refractivity (Wildman–Crippen MR) is 75.9 cm³/mol. The molecule has 2 N–H and O–H groups in total. The third kappa shape index (κ3) is 3.93. The topological polar surface area (TPSA) is 50.4 Å². The maximum Gasteiger partial charge on any atom is 0.240 e. The van der Waals surface area contributed by atoms with Crippen LogP contribution < -0.4 is 10.6 Å². The second kappa shape index (κ2) is 6.71. The molecule has 110 valence electrons. The van der Waals surface area contributed by atoms with Crippen LogP contribution in [0.2, 0.25) is 0 Å². The molecular weight excluding hydrogens is 240 g/mol. The fraction of sp³-hybridized carbons (Fsp3) is 0.933. The fourth-order valence-corrected chi connectivity index (χ4v) is 3.25. The molecule has 2 aliphatic rings. The van der Waals surface area contributed by atoms with Crippen LogP contribution >= 0.6 is 0 Å². The highest BCUT2D eigenvalue weighted by molar-refractivity contribution is 5.82. The van der Waals surface area contributed by atoms with Gasteiger partial charge in [-0.1, -0.05) is 13.8 Å². The molecule has 4 nitrogen and oxygen atoms in total. The first-order chi connectivity index (χ1) is 9.08. The Kier molecular flexibility index (Phi) is 5.22. The Morgan fingerprint density at radius 1 is 1.26 bits per heavy atom. The molecule has 2 fully saturated rings. The van der Waals surface area contributed by atoms with E-state index in [1.54, 1.807) is 0 Å². The van der Waals surface area contributed by atoms with Gasteiger partial charge in [-0.2, -0.15) is 0 Å². The van der Waals surface area contributed by atoms with Crippen LogP contribution in [0.4, 0.5) is 0 Å². The summed E-state index contributed by atoms with van der Waals surface area (Å²) < 4.78 is 5.53. The molecule has 1 saturated carbocycles. The largest absolute Gasteiger partial charge is 0.375 e. The van der Waals surface area contributed by atoms with Gasteiger partial charge in [0.05, 0.1) is 12.7 Å². The third-order valence-corrected chi connectivity index (χ3v) is 4.66. The molecule has 0 aromatic rings. The van der Waals surface area contributed by atoms with Gasteiger partial charge in [-0.15, -0.1) is 0 Å². The molecule has 0 spiro atoms. The Morgan fingerprint density at radius 3 is 2.53 bits per heavy atom. The van der Waals surface area contributed by atoms with E-state index in [1.807, 2.05) is 6.92 Å². The number of rotatable bonds is 3. The lowest BCUT2D eigenvalue weighted by Gasteiger charge is -2.34. The van der Waals surface area contributed by atoms with E-state index in [9.17, 15) is 4.79 Å². The number of amides is 1. The van der Waals surface area contributed by atoms with Gasteiger partial charge in [0.2, 0.25) is 5.91 Å². The van der Waals surface area contributed by atoms with Crippen LogP contribution in [-0.4, -0.2) is 37.2 Å². The average molecular weight is 268 g/mol. The van der Waals surface area contributed by atoms with E-state index in [1.165, 1.54) is 12.8 Å². The second-order valence-corrected chi connectivity index (χ2v) is 6.37. The van der Waals surface area contributed by atoms with E-state index in [4.69, 9.17) is 4.74 Å². The number of hydrogen-bond donors (Lipinski definition) is 2. The molecule has 4 heteroatoms. The second-order valence-electron chi connectivity index (χ2n) is 6.37. The van der Waals surface area contributed by atoms with Crippen LogP contribution in [0.3, 0.4) is 0 Å². The number of carbonyl (C=O) groups is 1. The summed E-state index contributed by atoms with van der Waals surface area (Å²) in [5.41, 5.74) is 0. The average Bonchev–Trinajstić information content (AvgIpc) is 2.39. The Labute approximate surface area is 116 Å². The number of morpholine rings is 1. The zero-order valence-electron chi connectivity index (χ0n) is 12.4. The van der Waals surface area contributed by atoms with Crippen molar-refractivity contribution in [2.75, 3.05) is 13.2 Å². The highest BCUT2D eigenvalue weighted by atomic mass is 16.5. The number of carbonyl (C=O) groups excluding carboxylic acids is 1. The van der Waals surface area contributed by atoms with Crippen molar-refractivity contribution in [2.24, 2.45) is 11.8 Å². The highest BCUT2D eigenvalue weighted by Crippen LogP contribution is 2.29. The van der Waals surface area contributed by atoms with E-state index in [2.05, 4.69) is 24.5 Å². The van der Waals surface area contributed by atoms with Crippen LogP contribution in [0.15, 0.2) is 0 Å². The Bertz CT molecular complexity index is 299. The number of hydrogen-bond acceptors (Lipinski definition) is 3. The first-order valence-electron chi connectivity index (χ1n) is 7.73. The van der Waals surface area contributed by atoms with Gasteiger partial charge in [0.25, 0.3) is 0 Å². The molecule has 1 saturated heterocycles. The van der Waals surface area contributed by atoms with Crippen LogP contribution in [0.1, 0.15) is 46.5 Å². The van der Waals surface area contributed by atoms with E-state index in [0.717, 1.165) is 31.2 Å². The van der Waals surface area contributed by atoms with E-state index in [-0.39, 0.29) is 18.1 Å². The summed E-state index contributed by atoms with van der Waals surface area (Å²) in [6, 6.07) is 0.176. The minimum absolute atomic E-state index is 0.0271. The van der Waals surface area contributed by atoms with E-state index >= 15 is 0 Å². The van der Waals surface area contributed by atoms with Gasteiger partial charge >= 0.3 is 0 Å². The van der Waals surface area contributed by atoms with Crippen LogP contribution in [0.25, 0.3) is 0 Å². The van der Waals surface area contributed by atoms with Gasteiger partial charge < -0.3 is 15.4 Å². The van der Waals surface area contributed by atoms with Crippen LogP contribution in [0.5, 0.6) is 0 Å². The zero-order valence-corrected chi connectivity index (χ0v) is 12.4. The molecule has 0 unspecified atom stereocenters. The van der Waals surface area contributed by atoms with Gasteiger partial charge in [-0.3, -0.25) is 4.79 Å². The zero-order chi connectivity index (χ0) is 13.8. The minimum atomic E-state index is -0.184. The molecule has 0 bridgehead atoms. The maximum absolute atomic E-state index is 12.2. The van der Waals surface area contributed by atoms with Crippen LogP contribution in [0, 0.1) is 11.8 Å². The Morgan fingerprint density at radius 2 is 1.95 bits per heavy atom. The van der Waals surface area contributed by atoms with Crippen molar-refractivity contribution < 1.29 is 9.53 Å². The Balaban J connectivity index is 1.77. The van der Waals surface area contributed by atoms with Crippen molar-refractivity contribution in [1.29, 1.82) is 0 Å². The highest BCUT2D eigenvalue weighted by Gasteiger charge is 2.31. The summed E-state index contributed by atoms with van der Waals surface area (Å²) >= 11 is 0.